The number of hydrogen-bond acceptors (Lipinski definition) is 4. The number of unbranched alkanes of at least 4 members (excludes halogenated alkanes) is 7. The second-order valence-corrected chi connectivity index (χ2v) is 8.30. The number of carbonyl (C=O) groups is 2. The SMILES string of the molecule is Cn1c(=O)n(C2CCC(=O)NC2=O)c2ccc(CCCCCCCCCCO)cc21. The molecule has 30 heavy (non-hydrogen) atoms. The number of piperidine rings is 1. The molecule has 2 aromatic rings. The molecule has 1 aliphatic heterocycles. The highest BCUT2D eigenvalue weighted by molar-refractivity contribution is 6.00. The molecule has 1 fully saturated rings. The maximum Gasteiger partial charge on any atom is 0.329 e. The second kappa shape index (κ2) is 10.6. The van der Waals surface area contributed by atoms with E-state index in [1.807, 2.05) is 18.2 Å². The smallest absolute Gasteiger partial charge is 0.329 e. The normalized spacial score (nSPS) is 16.9. The van der Waals surface area contributed by atoms with E-state index < -0.39 is 11.9 Å². The molecule has 2 amide bonds. The maximum absolute atomic E-state index is 12.8. The number of nitrogens with one attached hydrogen (secondary N) is 1. The minimum Gasteiger partial charge on any atom is -0.396 e. The molecule has 0 radical (unpaired) electrons. The van der Waals surface area contributed by atoms with Gasteiger partial charge in [0.2, 0.25) is 11.8 Å². The molecule has 2 heterocycles. The summed E-state index contributed by atoms with van der Waals surface area (Å²) < 4.78 is 3.12. The fourth-order valence-electron chi connectivity index (χ4n) is 4.30. The summed E-state index contributed by atoms with van der Waals surface area (Å²) in [6.45, 7) is 0.298. The number of hydrogen-bond donors (Lipinski definition) is 2. The van der Waals surface area contributed by atoms with Gasteiger partial charge in [0.1, 0.15) is 6.04 Å². The minimum atomic E-state index is -0.637. The first-order valence-corrected chi connectivity index (χ1v) is 11.2. The van der Waals surface area contributed by atoms with Crippen molar-refractivity contribution in [2.24, 2.45) is 7.05 Å². The Kier molecular flexibility index (Phi) is 7.85. The average Bonchev–Trinajstić information content (AvgIpc) is 2.97. The van der Waals surface area contributed by atoms with Crippen LogP contribution in [0.2, 0.25) is 0 Å². The summed E-state index contributed by atoms with van der Waals surface area (Å²) in [6.07, 6.45) is 10.8. The van der Waals surface area contributed by atoms with Crippen LogP contribution in [0.15, 0.2) is 23.0 Å². The minimum absolute atomic E-state index is 0.224. The first kappa shape index (κ1) is 22.3. The van der Waals surface area contributed by atoms with E-state index in [1.54, 1.807) is 11.6 Å². The van der Waals surface area contributed by atoms with Gasteiger partial charge in [0, 0.05) is 20.1 Å². The van der Waals surface area contributed by atoms with Gasteiger partial charge in [-0.2, -0.15) is 0 Å². The van der Waals surface area contributed by atoms with Crippen LogP contribution < -0.4 is 11.0 Å². The molecule has 0 aliphatic carbocycles. The van der Waals surface area contributed by atoms with Gasteiger partial charge in [0.15, 0.2) is 0 Å². The Bertz CT molecular complexity index is 944. The van der Waals surface area contributed by atoms with E-state index in [1.165, 1.54) is 42.2 Å². The van der Waals surface area contributed by atoms with Gasteiger partial charge in [-0.25, -0.2) is 4.79 Å². The zero-order valence-electron chi connectivity index (χ0n) is 17.9. The van der Waals surface area contributed by atoms with Crippen LogP contribution >= 0.6 is 0 Å². The number of aliphatic hydroxyl groups excluding tert-OH is 1. The number of nitrogens with zero attached hydrogens (tertiary/aromatic N) is 2. The Labute approximate surface area is 177 Å². The van der Waals surface area contributed by atoms with E-state index >= 15 is 0 Å². The van der Waals surface area contributed by atoms with E-state index in [0.29, 0.717) is 13.0 Å². The lowest BCUT2D eigenvalue weighted by Crippen LogP contribution is -2.44. The third-order valence-electron chi connectivity index (χ3n) is 6.05. The molecular weight excluding hydrogens is 382 g/mol. The van der Waals surface area contributed by atoms with Crippen LogP contribution in [0, 0.1) is 0 Å². The van der Waals surface area contributed by atoms with Crippen LogP contribution in [0.4, 0.5) is 0 Å². The molecule has 3 rings (SSSR count). The number of carbonyl (C=O) groups excluding carboxylic acids is 2. The van der Waals surface area contributed by atoms with E-state index in [0.717, 1.165) is 36.7 Å². The molecule has 1 saturated heterocycles. The number of imidazole rings is 1. The zero-order chi connectivity index (χ0) is 21.5. The van der Waals surface area contributed by atoms with Crippen molar-refractivity contribution in [3.8, 4) is 0 Å². The van der Waals surface area contributed by atoms with Crippen LogP contribution in [-0.4, -0.2) is 32.7 Å². The van der Waals surface area contributed by atoms with Crippen molar-refractivity contribution < 1.29 is 14.7 Å². The molecule has 1 aliphatic rings. The Morgan fingerprint density at radius 1 is 0.967 bits per heavy atom. The van der Waals surface area contributed by atoms with Gasteiger partial charge in [0.05, 0.1) is 11.0 Å². The molecule has 0 bridgehead atoms. The standard InChI is InChI=1S/C23H33N3O4/c1-25-20-16-17(10-8-6-4-2-3-5-7-9-15-27)11-12-18(20)26(23(25)30)19-13-14-21(28)24-22(19)29/h11-12,16,19,27H,2-10,13-15H2,1H3,(H,24,28,29). The predicted molar refractivity (Wildman–Crippen MR) is 116 cm³/mol. The monoisotopic (exact) mass is 415 g/mol. The van der Waals surface area contributed by atoms with Crippen LogP contribution in [0.1, 0.15) is 75.8 Å². The Morgan fingerprint density at radius 2 is 1.63 bits per heavy atom. The van der Waals surface area contributed by atoms with Crippen molar-refractivity contribution in [1.82, 2.24) is 14.5 Å². The van der Waals surface area contributed by atoms with Gasteiger partial charge in [-0.1, -0.05) is 44.6 Å². The lowest BCUT2D eigenvalue weighted by atomic mass is 10.0. The summed E-state index contributed by atoms with van der Waals surface area (Å²) in [5.41, 5.74) is 2.54. The molecule has 1 unspecified atom stereocenters. The second-order valence-electron chi connectivity index (χ2n) is 8.30. The highest BCUT2D eigenvalue weighted by Gasteiger charge is 2.31. The highest BCUT2D eigenvalue weighted by Crippen LogP contribution is 2.24. The van der Waals surface area contributed by atoms with E-state index in [-0.39, 0.29) is 18.0 Å². The molecular formula is C23H33N3O4. The van der Waals surface area contributed by atoms with Crippen molar-refractivity contribution in [3.63, 3.8) is 0 Å². The molecule has 1 aromatic heterocycles. The Hall–Kier alpha value is -2.41. The fraction of sp³-hybridized carbons (Fsp3) is 0.609. The number of amides is 2. The summed E-state index contributed by atoms with van der Waals surface area (Å²) in [6, 6.07) is 5.38. The number of aromatic nitrogens is 2. The first-order valence-electron chi connectivity index (χ1n) is 11.2. The van der Waals surface area contributed by atoms with Crippen molar-refractivity contribution in [2.75, 3.05) is 6.61 Å². The molecule has 7 heteroatoms. The zero-order valence-corrected chi connectivity index (χ0v) is 17.9. The third-order valence-corrected chi connectivity index (χ3v) is 6.05. The highest BCUT2D eigenvalue weighted by atomic mass is 16.3. The van der Waals surface area contributed by atoms with Gasteiger partial charge in [0.25, 0.3) is 0 Å². The van der Waals surface area contributed by atoms with Crippen LogP contribution in [-0.2, 0) is 23.1 Å². The number of aliphatic hydroxyl groups is 1. The number of benzene rings is 1. The molecule has 1 atom stereocenters. The molecule has 0 saturated carbocycles. The summed E-state index contributed by atoms with van der Waals surface area (Å²) in [4.78, 5) is 36.5. The average molecular weight is 416 g/mol. The van der Waals surface area contributed by atoms with E-state index in [9.17, 15) is 14.4 Å². The Morgan fingerprint density at radius 3 is 2.30 bits per heavy atom. The lowest BCUT2D eigenvalue weighted by Gasteiger charge is -2.21. The topological polar surface area (TPSA) is 93.3 Å². The van der Waals surface area contributed by atoms with Gasteiger partial charge in [-0.05, 0) is 43.4 Å². The van der Waals surface area contributed by atoms with Gasteiger partial charge >= 0.3 is 5.69 Å². The van der Waals surface area contributed by atoms with Crippen molar-refractivity contribution in [1.29, 1.82) is 0 Å². The first-order chi connectivity index (χ1) is 14.5. The fourth-order valence-corrected chi connectivity index (χ4v) is 4.30. The van der Waals surface area contributed by atoms with E-state index in [2.05, 4.69) is 5.32 Å². The summed E-state index contributed by atoms with van der Waals surface area (Å²) in [5, 5.41) is 11.1. The maximum atomic E-state index is 12.8. The predicted octanol–water partition coefficient (Wildman–Crippen LogP) is 2.97. The quantitative estimate of drug-likeness (QED) is 0.436. The van der Waals surface area contributed by atoms with Gasteiger partial charge in [-0.15, -0.1) is 0 Å². The summed E-state index contributed by atoms with van der Waals surface area (Å²) in [5.74, 6) is -0.682. The van der Waals surface area contributed by atoms with Gasteiger partial charge < -0.3 is 5.11 Å². The molecule has 2 N–H and O–H groups in total. The van der Waals surface area contributed by atoms with Crippen LogP contribution in [0.3, 0.4) is 0 Å². The number of imide groups is 1. The van der Waals surface area contributed by atoms with Gasteiger partial charge in [-0.3, -0.25) is 24.0 Å². The third kappa shape index (κ3) is 5.19. The number of aryl methyl sites for hydroxylation is 2. The van der Waals surface area contributed by atoms with Crippen molar-refractivity contribution >= 4 is 22.8 Å². The van der Waals surface area contributed by atoms with Crippen LogP contribution in [0.5, 0.6) is 0 Å². The molecule has 164 valence electrons. The Balaban J connectivity index is 1.59. The van der Waals surface area contributed by atoms with Crippen LogP contribution in [0.25, 0.3) is 11.0 Å². The summed E-state index contributed by atoms with van der Waals surface area (Å²) in [7, 11) is 1.73. The number of fused-ring (bicyclic) bond motifs is 1. The number of rotatable bonds is 11. The molecule has 1 aromatic carbocycles. The van der Waals surface area contributed by atoms with Crippen molar-refractivity contribution in [3.05, 3.63) is 34.2 Å². The molecule has 0 spiro atoms. The largest absolute Gasteiger partial charge is 0.396 e. The van der Waals surface area contributed by atoms with Crippen molar-refractivity contribution in [2.45, 2.75) is 76.7 Å². The molecule has 7 nitrogen and oxygen atoms in total. The summed E-state index contributed by atoms with van der Waals surface area (Å²) >= 11 is 0. The lowest BCUT2D eigenvalue weighted by molar-refractivity contribution is -0.135. The van der Waals surface area contributed by atoms with E-state index in [4.69, 9.17) is 5.11 Å².